The zero-order valence-corrected chi connectivity index (χ0v) is 17.0. The first-order chi connectivity index (χ1) is 13.6. The molecule has 2 aromatic rings. The van der Waals surface area contributed by atoms with Gasteiger partial charge in [0.1, 0.15) is 5.82 Å². The van der Waals surface area contributed by atoms with Crippen molar-refractivity contribution in [2.75, 3.05) is 26.2 Å². The molecule has 0 bridgehead atoms. The molecule has 4 rings (SSSR count). The minimum absolute atomic E-state index is 0.112. The van der Waals surface area contributed by atoms with Gasteiger partial charge in [-0.3, -0.25) is 14.4 Å². The van der Waals surface area contributed by atoms with Crippen molar-refractivity contribution in [2.24, 2.45) is 13.0 Å². The van der Waals surface area contributed by atoms with E-state index >= 15 is 0 Å². The Morgan fingerprint density at radius 3 is 2.61 bits per heavy atom. The second-order valence-corrected chi connectivity index (χ2v) is 8.15. The smallest absolute Gasteiger partial charge is 0.257 e. The molecule has 0 spiro atoms. The van der Waals surface area contributed by atoms with Crippen molar-refractivity contribution >= 4 is 5.91 Å². The third-order valence-corrected chi connectivity index (χ3v) is 6.11. The summed E-state index contributed by atoms with van der Waals surface area (Å²) in [6, 6.07) is 2.09. The molecule has 150 valence electrons. The van der Waals surface area contributed by atoms with E-state index in [0.29, 0.717) is 11.5 Å². The summed E-state index contributed by atoms with van der Waals surface area (Å²) in [6.07, 6.45) is 8.95. The number of carbonyl (C=O) groups excluding carboxylic acids is 1. The van der Waals surface area contributed by atoms with Crippen LogP contribution in [0.3, 0.4) is 0 Å². The highest BCUT2D eigenvalue weighted by Gasteiger charge is 2.26. The minimum Gasteiger partial charge on any atom is -0.339 e. The zero-order valence-electron chi connectivity index (χ0n) is 17.0. The second kappa shape index (κ2) is 8.39. The van der Waals surface area contributed by atoms with Gasteiger partial charge in [-0.2, -0.15) is 5.10 Å². The number of aryl methyl sites for hydroxylation is 2. The molecule has 2 aliphatic heterocycles. The summed E-state index contributed by atoms with van der Waals surface area (Å²) in [5.74, 6) is 1.44. The zero-order chi connectivity index (χ0) is 19.5. The molecule has 4 heterocycles. The first-order valence-corrected chi connectivity index (χ1v) is 10.4. The quantitative estimate of drug-likeness (QED) is 0.793. The van der Waals surface area contributed by atoms with E-state index in [1.807, 2.05) is 29.7 Å². The van der Waals surface area contributed by atoms with Gasteiger partial charge in [-0.15, -0.1) is 0 Å². The van der Waals surface area contributed by atoms with E-state index < -0.39 is 0 Å². The number of hydrogen-bond donors (Lipinski definition) is 0. The summed E-state index contributed by atoms with van der Waals surface area (Å²) in [5.41, 5.74) is 2.91. The van der Waals surface area contributed by atoms with E-state index in [2.05, 4.69) is 26.0 Å². The molecule has 28 heavy (non-hydrogen) atoms. The highest BCUT2D eigenvalue weighted by molar-refractivity contribution is 5.95. The molecule has 0 unspecified atom stereocenters. The van der Waals surface area contributed by atoms with Gasteiger partial charge in [-0.05, 0) is 64.1 Å². The molecule has 7 nitrogen and oxygen atoms in total. The fraction of sp³-hybridized carbons (Fsp3) is 0.619. The Labute approximate surface area is 166 Å². The molecule has 2 fully saturated rings. The number of piperidine rings is 1. The molecule has 0 saturated carbocycles. The molecule has 1 amide bonds. The van der Waals surface area contributed by atoms with E-state index in [1.165, 1.54) is 5.69 Å². The highest BCUT2D eigenvalue weighted by atomic mass is 16.2. The van der Waals surface area contributed by atoms with E-state index in [1.54, 1.807) is 6.20 Å². The summed E-state index contributed by atoms with van der Waals surface area (Å²) in [5, 5.41) is 4.26. The fourth-order valence-electron chi connectivity index (χ4n) is 4.35. The van der Waals surface area contributed by atoms with Crippen molar-refractivity contribution < 1.29 is 4.79 Å². The van der Waals surface area contributed by atoms with Gasteiger partial charge in [0.15, 0.2) is 0 Å². The van der Waals surface area contributed by atoms with E-state index in [-0.39, 0.29) is 5.91 Å². The Kier molecular flexibility index (Phi) is 5.71. The Balaban J connectivity index is 1.38. The maximum Gasteiger partial charge on any atom is 0.257 e. The lowest BCUT2D eigenvalue weighted by Crippen LogP contribution is -2.35. The van der Waals surface area contributed by atoms with Crippen molar-refractivity contribution in [2.45, 2.75) is 45.6 Å². The summed E-state index contributed by atoms with van der Waals surface area (Å²) >= 11 is 0. The lowest BCUT2D eigenvalue weighted by Gasteiger charge is -2.32. The highest BCUT2D eigenvalue weighted by Crippen LogP contribution is 2.24. The molecule has 7 heteroatoms. The molecule has 0 aliphatic carbocycles. The third-order valence-electron chi connectivity index (χ3n) is 6.11. The Hall–Kier alpha value is -2.28. The van der Waals surface area contributed by atoms with Crippen LogP contribution in [0.15, 0.2) is 18.5 Å². The first-order valence-electron chi connectivity index (χ1n) is 10.4. The van der Waals surface area contributed by atoms with Crippen LogP contribution in [0.25, 0.3) is 0 Å². The number of aromatic nitrogens is 4. The average Bonchev–Trinajstić information content (AvgIpc) is 3.36. The molecule has 2 aromatic heterocycles. The summed E-state index contributed by atoms with van der Waals surface area (Å²) in [6.45, 7) is 6.74. The normalized spacial score (nSPS) is 18.7. The Bertz CT molecular complexity index is 818. The van der Waals surface area contributed by atoms with Gasteiger partial charge < -0.3 is 4.90 Å². The Morgan fingerprint density at radius 1 is 1.18 bits per heavy atom. The van der Waals surface area contributed by atoms with Gasteiger partial charge in [0, 0.05) is 39.1 Å². The van der Waals surface area contributed by atoms with Crippen LogP contribution in [0.5, 0.6) is 0 Å². The Morgan fingerprint density at radius 2 is 1.93 bits per heavy atom. The minimum atomic E-state index is 0.112. The first kappa shape index (κ1) is 19.1. The largest absolute Gasteiger partial charge is 0.339 e. The van der Waals surface area contributed by atoms with Crippen LogP contribution in [-0.2, 0) is 20.0 Å². The lowest BCUT2D eigenvalue weighted by atomic mass is 9.90. The van der Waals surface area contributed by atoms with Gasteiger partial charge in [-0.25, -0.2) is 9.97 Å². The standard InChI is InChI=1S/C21H30N6O/c1-16-22-14-19(21(28)27-9-3-4-10-27)20(24-16)13-17-6-11-26(12-7-17)15-18-5-8-23-25(18)2/h5,8,14,17H,3-4,6-7,9-13,15H2,1-2H3. The second-order valence-electron chi connectivity index (χ2n) is 8.15. The van der Waals surface area contributed by atoms with Crippen molar-refractivity contribution in [3.63, 3.8) is 0 Å². The topological polar surface area (TPSA) is 67.2 Å². The van der Waals surface area contributed by atoms with Gasteiger partial charge in [-0.1, -0.05) is 0 Å². The maximum absolute atomic E-state index is 12.9. The van der Waals surface area contributed by atoms with Crippen LogP contribution >= 0.6 is 0 Å². The van der Waals surface area contributed by atoms with Gasteiger partial charge in [0.05, 0.1) is 17.0 Å². The molecule has 0 aromatic carbocycles. The average molecular weight is 383 g/mol. The van der Waals surface area contributed by atoms with Crippen LogP contribution in [0.1, 0.15) is 53.3 Å². The van der Waals surface area contributed by atoms with Crippen LogP contribution in [0.2, 0.25) is 0 Å². The van der Waals surface area contributed by atoms with E-state index in [4.69, 9.17) is 0 Å². The number of rotatable bonds is 5. The number of amides is 1. The van der Waals surface area contributed by atoms with Gasteiger partial charge in [0.25, 0.3) is 5.91 Å². The number of likely N-dealkylation sites (tertiary alicyclic amines) is 2. The third kappa shape index (κ3) is 4.24. The summed E-state index contributed by atoms with van der Waals surface area (Å²) in [4.78, 5) is 26.3. The molecule has 0 radical (unpaired) electrons. The molecular weight excluding hydrogens is 352 g/mol. The molecule has 2 aliphatic rings. The van der Waals surface area contributed by atoms with Gasteiger partial charge in [0.2, 0.25) is 0 Å². The maximum atomic E-state index is 12.9. The van der Waals surface area contributed by atoms with Gasteiger partial charge >= 0.3 is 0 Å². The van der Waals surface area contributed by atoms with Crippen molar-refractivity contribution in [1.82, 2.24) is 29.5 Å². The van der Waals surface area contributed by atoms with E-state index in [0.717, 1.165) is 76.3 Å². The number of carbonyl (C=O) groups is 1. The predicted octanol–water partition coefficient (Wildman–Crippen LogP) is 2.21. The lowest BCUT2D eigenvalue weighted by molar-refractivity contribution is 0.0790. The van der Waals surface area contributed by atoms with Crippen molar-refractivity contribution in [3.8, 4) is 0 Å². The van der Waals surface area contributed by atoms with Crippen molar-refractivity contribution in [1.29, 1.82) is 0 Å². The van der Waals surface area contributed by atoms with Crippen LogP contribution in [-0.4, -0.2) is 61.6 Å². The summed E-state index contributed by atoms with van der Waals surface area (Å²) in [7, 11) is 2.00. The SMILES string of the molecule is Cc1ncc(C(=O)N2CCCC2)c(CC2CCN(Cc3ccnn3C)CC2)n1. The molecule has 0 N–H and O–H groups in total. The van der Waals surface area contributed by atoms with Crippen molar-refractivity contribution in [3.05, 3.63) is 41.2 Å². The van der Waals surface area contributed by atoms with Crippen LogP contribution in [0.4, 0.5) is 0 Å². The molecule has 2 saturated heterocycles. The van der Waals surface area contributed by atoms with E-state index in [9.17, 15) is 4.79 Å². The van der Waals surface area contributed by atoms with Crippen LogP contribution in [0, 0.1) is 12.8 Å². The number of hydrogen-bond acceptors (Lipinski definition) is 5. The molecule has 0 atom stereocenters. The summed E-state index contributed by atoms with van der Waals surface area (Å²) < 4.78 is 1.95. The monoisotopic (exact) mass is 382 g/mol. The predicted molar refractivity (Wildman–Crippen MR) is 107 cm³/mol. The van der Waals surface area contributed by atoms with Crippen LogP contribution < -0.4 is 0 Å². The fourth-order valence-corrected chi connectivity index (χ4v) is 4.35. The molecular formula is C21H30N6O. The number of nitrogens with zero attached hydrogens (tertiary/aromatic N) is 6.